The molecule has 1 aromatic rings. The quantitative estimate of drug-likeness (QED) is 0.358. The molecule has 0 bridgehead atoms. The number of nitro groups is 1. The summed E-state index contributed by atoms with van der Waals surface area (Å²) >= 11 is 5.59. The second-order valence-electron chi connectivity index (χ2n) is 3.77. The molecule has 0 radical (unpaired) electrons. The number of rotatable bonds is 4. The zero-order chi connectivity index (χ0) is 13.0. The van der Waals surface area contributed by atoms with E-state index in [1.165, 1.54) is 0 Å². The van der Waals surface area contributed by atoms with Crippen molar-refractivity contribution in [2.24, 2.45) is 5.92 Å². The Bertz CT molecular complexity index is 448. The van der Waals surface area contributed by atoms with Crippen molar-refractivity contribution < 1.29 is 14.5 Å². The molecular formula is C10H11ClN2O4. The van der Waals surface area contributed by atoms with Crippen LogP contribution >= 0.6 is 11.6 Å². The Kier molecular flexibility index (Phi) is 4.39. The van der Waals surface area contributed by atoms with Crippen molar-refractivity contribution in [1.82, 2.24) is 4.98 Å². The summed E-state index contributed by atoms with van der Waals surface area (Å²) < 4.78 is 4.91. The van der Waals surface area contributed by atoms with Crippen LogP contribution in [0.4, 0.5) is 5.69 Å². The van der Waals surface area contributed by atoms with E-state index in [2.05, 4.69) is 4.98 Å². The number of carbonyl (C=O) groups excluding carboxylic acids is 1. The Morgan fingerprint density at radius 1 is 1.65 bits per heavy atom. The highest BCUT2D eigenvalue weighted by molar-refractivity contribution is 6.29. The van der Waals surface area contributed by atoms with Crippen molar-refractivity contribution in [3.8, 4) is 0 Å². The van der Waals surface area contributed by atoms with Gasteiger partial charge in [0, 0.05) is 0 Å². The van der Waals surface area contributed by atoms with E-state index in [1.54, 1.807) is 0 Å². The lowest BCUT2D eigenvalue weighted by Gasteiger charge is -2.07. The second-order valence-corrected chi connectivity index (χ2v) is 4.16. The fourth-order valence-electron chi connectivity index (χ4n) is 1.05. The summed E-state index contributed by atoms with van der Waals surface area (Å²) in [6.07, 6.45) is 0.939. The number of esters is 1. The van der Waals surface area contributed by atoms with E-state index in [4.69, 9.17) is 16.3 Å². The fraction of sp³-hybridized carbons (Fsp3) is 0.400. The molecule has 92 valence electrons. The van der Waals surface area contributed by atoms with Crippen LogP contribution in [0, 0.1) is 16.0 Å². The van der Waals surface area contributed by atoms with Gasteiger partial charge in [0.05, 0.1) is 11.5 Å². The molecular weight excluding hydrogens is 248 g/mol. The molecule has 6 nitrogen and oxygen atoms in total. The average molecular weight is 259 g/mol. The molecule has 0 spiro atoms. The van der Waals surface area contributed by atoms with Crippen LogP contribution in [-0.2, 0) is 4.74 Å². The van der Waals surface area contributed by atoms with Crippen molar-refractivity contribution in [3.63, 3.8) is 0 Å². The zero-order valence-corrected chi connectivity index (χ0v) is 10.1. The van der Waals surface area contributed by atoms with Gasteiger partial charge in [-0.05, 0) is 12.0 Å². The number of pyridine rings is 1. The summed E-state index contributed by atoms with van der Waals surface area (Å²) in [7, 11) is 0. The maximum Gasteiger partial charge on any atom is 0.345 e. The molecule has 0 atom stereocenters. The Balaban J connectivity index is 2.98. The first-order chi connectivity index (χ1) is 7.91. The first-order valence-electron chi connectivity index (χ1n) is 4.89. The normalized spacial score (nSPS) is 10.4. The van der Waals surface area contributed by atoms with Gasteiger partial charge in [0.15, 0.2) is 0 Å². The van der Waals surface area contributed by atoms with E-state index in [1.807, 2.05) is 13.8 Å². The molecule has 0 saturated heterocycles. The molecule has 0 aromatic carbocycles. The van der Waals surface area contributed by atoms with Gasteiger partial charge in [-0.1, -0.05) is 25.4 Å². The van der Waals surface area contributed by atoms with Crippen LogP contribution in [0.1, 0.15) is 24.2 Å². The predicted octanol–water partition coefficient (Wildman–Crippen LogP) is 2.46. The lowest BCUT2D eigenvalue weighted by molar-refractivity contribution is -0.385. The number of ether oxygens (including phenoxy) is 1. The SMILES string of the molecule is CC(C)COC(=O)c1cc(Cl)ncc1[N+](=O)[O-]. The van der Waals surface area contributed by atoms with Gasteiger partial charge in [-0.25, -0.2) is 9.78 Å². The number of aromatic nitrogens is 1. The maximum atomic E-state index is 11.6. The van der Waals surface area contributed by atoms with Crippen molar-refractivity contribution >= 4 is 23.3 Å². The van der Waals surface area contributed by atoms with Crippen LogP contribution in [-0.4, -0.2) is 22.5 Å². The Morgan fingerprint density at radius 3 is 2.82 bits per heavy atom. The summed E-state index contributed by atoms with van der Waals surface area (Å²) in [6, 6.07) is 1.13. The third-order valence-corrected chi connectivity index (χ3v) is 2.02. The molecule has 0 fully saturated rings. The number of hydrogen-bond donors (Lipinski definition) is 0. The minimum atomic E-state index is -0.769. The third kappa shape index (κ3) is 3.67. The minimum Gasteiger partial charge on any atom is -0.462 e. The smallest absolute Gasteiger partial charge is 0.345 e. The van der Waals surface area contributed by atoms with E-state index in [0.29, 0.717) is 0 Å². The highest BCUT2D eigenvalue weighted by atomic mass is 35.5. The van der Waals surface area contributed by atoms with Crippen molar-refractivity contribution in [2.75, 3.05) is 6.61 Å². The number of nitrogens with zero attached hydrogens (tertiary/aromatic N) is 2. The first-order valence-corrected chi connectivity index (χ1v) is 5.26. The second kappa shape index (κ2) is 5.58. The molecule has 1 aromatic heterocycles. The van der Waals surface area contributed by atoms with Gasteiger partial charge in [-0.2, -0.15) is 0 Å². The standard InChI is InChI=1S/C10H11ClN2O4/c1-6(2)5-17-10(14)7-3-9(11)12-4-8(7)13(15)16/h3-4,6H,5H2,1-2H3. The van der Waals surface area contributed by atoms with Gasteiger partial charge in [0.1, 0.15) is 16.9 Å². The number of hydrogen-bond acceptors (Lipinski definition) is 5. The Hall–Kier alpha value is -1.69. The van der Waals surface area contributed by atoms with Crippen LogP contribution in [0.2, 0.25) is 5.15 Å². The molecule has 7 heteroatoms. The van der Waals surface area contributed by atoms with Gasteiger partial charge in [0.2, 0.25) is 0 Å². The van der Waals surface area contributed by atoms with Crippen LogP contribution < -0.4 is 0 Å². The summed E-state index contributed by atoms with van der Waals surface area (Å²) in [5, 5.41) is 10.7. The van der Waals surface area contributed by atoms with Crippen molar-refractivity contribution in [2.45, 2.75) is 13.8 Å². The summed E-state index contributed by atoms with van der Waals surface area (Å²) in [5.74, 6) is -0.620. The van der Waals surface area contributed by atoms with E-state index < -0.39 is 16.6 Å². The van der Waals surface area contributed by atoms with Crippen molar-refractivity contribution in [3.05, 3.63) is 33.1 Å². The fourth-order valence-corrected chi connectivity index (χ4v) is 1.21. The third-order valence-electron chi connectivity index (χ3n) is 1.81. The molecule has 1 heterocycles. The molecule has 0 saturated carbocycles. The molecule has 0 amide bonds. The summed E-state index contributed by atoms with van der Waals surface area (Å²) in [4.78, 5) is 25.2. The molecule has 0 unspecified atom stereocenters. The number of halogens is 1. The molecule has 1 rings (SSSR count). The van der Waals surface area contributed by atoms with Gasteiger partial charge < -0.3 is 4.74 Å². The monoisotopic (exact) mass is 258 g/mol. The van der Waals surface area contributed by atoms with Gasteiger partial charge in [0.25, 0.3) is 0 Å². The van der Waals surface area contributed by atoms with E-state index in [0.717, 1.165) is 12.3 Å². The maximum absolute atomic E-state index is 11.6. The van der Waals surface area contributed by atoms with Gasteiger partial charge in [-0.3, -0.25) is 10.1 Å². The lowest BCUT2D eigenvalue weighted by atomic mass is 10.2. The number of carbonyl (C=O) groups is 1. The van der Waals surface area contributed by atoms with E-state index in [9.17, 15) is 14.9 Å². The highest BCUT2D eigenvalue weighted by Gasteiger charge is 2.22. The van der Waals surface area contributed by atoms with Crippen LogP contribution in [0.5, 0.6) is 0 Å². The average Bonchev–Trinajstić information content (AvgIpc) is 2.25. The molecule has 0 aliphatic rings. The van der Waals surface area contributed by atoms with Crippen LogP contribution in [0.15, 0.2) is 12.3 Å². The topological polar surface area (TPSA) is 82.3 Å². The molecule has 0 aliphatic heterocycles. The van der Waals surface area contributed by atoms with E-state index in [-0.39, 0.29) is 23.2 Å². The molecule has 0 aliphatic carbocycles. The molecule has 17 heavy (non-hydrogen) atoms. The highest BCUT2D eigenvalue weighted by Crippen LogP contribution is 2.21. The summed E-state index contributed by atoms with van der Waals surface area (Å²) in [5.41, 5.74) is -0.598. The predicted molar refractivity (Wildman–Crippen MR) is 61.0 cm³/mol. The van der Waals surface area contributed by atoms with Gasteiger partial charge >= 0.3 is 11.7 Å². The Labute approximate surface area is 103 Å². The minimum absolute atomic E-state index is 0.00657. The van der Waals surface area contributed by atoms with Crippen LogP contribution in [0.3, 0.4) is 0 Å². The zero-order valence-electron chi connectivity index (χ0n) is 9.34. The lowest BCUT2D eigenvalue weighted by Crippen LogP contribution is -2.12. The first kappa shape index (κ1) is 13.4. The van der Waals surface area contributed by atoms with Crippen molar-refractivity contribution in [1.29, 1.82) is 0 Å². The summed E-state index contributed by atoms with van der Waals surface area (Å²) in [6.45, 7) is 3.92. The van der Waals surface area contributed by atoms with Gasteiger partial charge in [-0.15, -0.1) is 0 Å². The van der Waals surface area contributed by atoms with Crippen LogP contribution in [0.25, 0.3) is 0 Å². The van der Waals surface area contributed by atoms with E-state index >= 15 is 0 Å². The largest absolute Gasteiger partial charge is 0.462 e. The Morgan fingerprint density at radius 2 is 2.29 bits per heavy atom. The molecule has 0 N–H and O–H groups in total.